The zero-order chi connectivity index (χ0) is 13.4. The van der Waals surface area contributed by atoms with Gasteiger partial charge >= 0.3 is 0 Å². The van der Waals surface area contributed by atoms with E-state index in [9.17, 15) is 4.39 Å². The second-order valence-corrected chi connectivity index (χ2v) is 7.15. The van der Waals surface area contributed by atoms with Gasteiger partial charge in [0, 0.05) is 25.6 Å². The van der Waals surface area contributed by atoms with Crippen molar-refractivity contribution in [2.75, 3.05) is 13.1 Å². The Hall–Kier alpha value is -0.620. The maximum Gasteiger partial charge on any atom is 0.125 e. The maximum absolute atomic E-state index is 12.9. The Morgan fingerprint density at radius 1 is 1.28 bits per heavy atom. The Labute approximate surface area is 110 Å². The third-order valence-corrected chi connectivity index (χ3v) is 5.30. The predicted octanol–water partition coefficient (Wildman–Crippen LogP) is 3.53. The van der Waals surface area contributed by atoms with Crippen molar-refractivity contribution >= 4 is 0 Å². The van der Waals surface area contributed by atoms with Crippen molar-refractivity contribution in [3.8, 4) is 6.07 Å². The summed E-state index contributed by atoms with van der Waals surface area (Å²) >= 11 is 0. The minimum Gasteiger partial charge on any atom is -0.295 e. The molecular weight excluding hydrogens is 227 g/mol. The van der Waals surface area contributed by atoms with Crippen LogP contribution in [0.25, 0.3) is 0 Å². The van der Waals surface area contributed by atoms with E-state index in [1.807, 2.05) is 0 Å². The molecule has 0 atom stereocenters. The van der Waals surface area contributed by atoms with Gasteiger partial charge in [-0.3, -0.25) is 4.90 Å². The average molecular weight is 252 g/mol. The zero-order valence-corrected chi connectivity index (χ0v) is 11.9. The van der Waals surface area contributed by atoms with Crippen LogP contribution in [0, 0.1) is 22.2 Å². The molecule has 0 aromatic heterocycles. The summed E-state index contributed by atoms with van der Waals surface area (Å²) in [4.78, 5) is 2.28. The first-order valence-corrected chi connectivity index (χ1v) is 7.13. The van der Waals surface area contributed by atoms with E-state index >= 15 is 0 Å². The quantitative estimate of drug-likeness (QED) is 0.751. The summed E-state index contributed by atoms with van der Waals surface area (Å²) in [6, 6.07) is 2.95. The fourth-order valence-corrected chi connectivity index (χ4v) is 3.62. The van der Waals surface area contributed by atoms with Crippen LogP contribution in [-0.4, -0.2) is 30.2 Å². The van der Waals surface area contributed by atoms with Crippen LogP contribution < -0.4 is 0 Å². The van der Waals surface area contributed by atoms with Crippen molar-refractivity contribution in [2.24, 2.45) is 10.8 Å². The van der Waals surface area contributed by atoms with Gasteiger partial charge in [-0.25, -0.2) is 4.39 Å². The molecule has 0 aromatic rings. The van der Waals surface area contributed by atoms with Gasteiger partial charge in [0.15, 0.2) is 0 Å². The number of rotatable bonds is 2. The first-order chi connectivity index (χ1) is 8.38. The Bertz CT molecular complexity index is 325. The van der Waals surface area contributed by atoms with Crippen LogP contribution in [0.3, 0.4) is 0 Å². The van der Waals surface area contributed by atoms with Crippen LogP contribution in [0.2, 0.25) is 0 Å². The van der Waals surface area contributed by atoms with Gasteiger partial charge in [0.2, 0.25) is 0 Å². The molecule has 0 bridgehead atoms. The molecule has 0 radical (unpaired) electrons. The van der Waals surface area contributed by atoms with E-state index in [4.69, 9.17) is 5.26 Å². The summed E-state index contributed by atoms with van der Waals surface area (Å²) in [7, 11) is 0. The topological polar surface area (TPSA) is 27.0 Å². The van der Waals surface area contributed by atoms with Gasteiger partial charge in [0.25, 0.3) is 0 Å². The van der Waals surface area contributed by atoms with E-state index in [0.29, 0.717) is 25.6 Å². The lowest BCUT2D eigenvalue weighted by Crippen LogP contribution is -2.55. The summed E-state index contributed by atoms with van der Waals surface area (Å²) in [5.74, 6) is 0. The van der Waals surface area contributed by atoms with Crippen LogP contribution in [0.15, 0.2) is 0 Å². The van der Waals surface area contributed by atoms with Crippen LogP contribution in [0.4, 0.5) is 4.39 Å². The van der Waals surface area contributed by atoms with Gasteiger partial charge in [-0.1, -0.05) is 20.8 Å². The highest BCUT2D eigenvalue weighted by molar-refractivity contribution is 5.01. The van der Waals surface area contributed by atoms with Gasteiger partial charge in [0.05, 0.1) is 6.07 Å². The van der Waals surface area contributed by atoms with Crippen molar-refractivity contribution in [3.63, 3.8) is 0 Å². The molecule has 0 amide bonds. The first kappa shape index (κ1) is 13.8. The van der Waals surface area contributed by atoms with Gasteiger partial charge in [0.1, 0.15) is 6.17 Å². The second kappa shape index (κ2) is 4.81. The first-order valence-electron chi connectivity index (χ1n) is 7.13. The number of halogens is 1. The summed E-state index contributed by atoms with van der Waals surface area (Å²) < 4.78 is 12.9. The summed E-state index contributed by atoms with van der Waals surface area (Å²) in [6.07, 6.45) is 4.55. The van der Waals surface area contributed by atoms with Gasteiger partial charge < -0.3 is 0 Å². The highest BCUT2D eigenvalue weighted by Crippen LogP contribution is 2.52. The molecule has 2 rings (SSSR count). The molecule has 1 saturated heterocycles. The lowest BCUT2D eigenvalue weighted by atomic mass is 9.57. The molecule has 0 aromatic carbocycles. The smallest absolute Gasteiger partial charge is 0.125 e. The van der Waals surface area contributed by atoms with Gasteiger partial charge in [-0.15, -0.1) is 0 Å². The third kappa shape index (κ3) is 2.40. The Kier molecular flexibility index (Phi) is 3.69. The van der Waals surface area contributed by atoms with Crippen molar-refractivity contribution in [2.45, 2.75) is 65.1 Å². The van der Waals surface area contributed by atoms with Crippen molar-refractivity contribution in [3.05, 3.63) is 0 Å². The second-order valence-electron chi connectivity index (χ2n) is 7.15. The highest BCUT2D eigenvalue weighted by atomic mass is 19.1. The highest BCUT2D eigenvalue weighted by Gasteiger charge is 2.46. The SMILES string of the molecule is CC(C)(C)[C@]1(CC#N)CC[C@H](N2CC(F)C2)CC1. The molecule has 1 heterocycles. The maximum atomic E-state index is 12.9. The molecule has 2 fully saturated rings. The number of hydrogen-bond donors (Lipinski definition) is 0. The minimum atomic E-state index is -0.599. The number of likely N-dealkylation sites (tertiary alicyclic amines) is 1. The van der Waals surface area contributed by atoms with Crippen LogP contribution >= 0.6 is 0 Å². The van der Waals surface area contributed by atoms with Crippen LogP contribution in [0.1, 0.15) is 52.9 Å². The number of nitrogens with zero attached hydrogens (tertiary/aromatic N) is 2. The monoisotopic (exact) mass is 252 g/mol. The van der Waals surface area contributed by atoms with Crippen molar-refractivity contribution < 1.29 is 4.39 Å². The van der Waals surface area contributed by atoms with Gasteiger partial charge in [-0.05, 0) is 36.5 Å². The van der Waals surface area contributed by atoms with E-state index < -0.39 is 6.17 Å². The molecule has 18 heavy (non-hydrogen) atoms. The molecule has 1 aliphatic heterocycles. The lowest BCUT2D eigenvalue weighted by Gasteiger charge is -2.51. The Morgan fingerprint density at radius 2 is 1.83 bits per heavy atom. The van der Waals surface area contributed by atoms with Crippen molar-refractivity contribution in [1.82, 2.24) is 4.90 Å². The zero-order valence-electron chi connectivity index (χ0n) is 11.9. The van der Waals surface area contributed by atoms with Crippen LogP contribution in [-0.2, 0) is 0 Å². The molecule has 102 valence electrons. The van der Waals surface area contributed by atoms with Gasteiger partial charge in [-0.2, -0.15) is 5.26 Å². The Balaban J connectivity index is 1.96. The van der Waals surface area contributed by atoms with E-state index in [1.165, 1.54) is 0 Å². The van der Waals surface area contributed by atoms with E-state index in [0.717, 1.165) is 25.7 Å². The summed E-state index contributed by atoms with van der Waals surface area (Å²) in [5, 5.41) is 9.10. The molecular formula is C15H25FN2. The third-order valence-electron chi connectivity index (χ3n) is 5.30. The lowest BCUT2D eigenvalue weighted by molar-refractivity contribution is -0.0322. The molecule has 0 spiro atoms. The minimum absolute atomic E-state index is 0.165. The number of alkyl halides is 1. The molecule has 2 nitrogen and oxygen atoms in total. The summed E-state index contributed by atoms with van der Waals surface area (Å²) in [6.45, 7) is 8.03. The van der Waals surface area contributed by atoms with E-state index in [1.54, 1.807) is 0 Å². The molecule has 1 aliphatic carbocycles. The number of nitriles is 1. The van der Waals surface area contributed by atoms with Crippen molar-refractivity contribution in [1.29, 1.82) is 5.26 Å². The molecule has 2 aliphatic rings. The summed E-state index contributed by atoms with van der Waals surface area (Å²) in [5.41, 5.74) is 0.351. The largest absolute Gasteiger partial charge is 0.295 e. The fraction of sp³-hybridized carbons (Fsp3) is 0.933. The molecule has 0 unspecified atom stereocenters. The van der Waals surface area contributed by atoms with E-state index in [-0.39, 0.29) is 10.8 Å². The normalized spacial score (nSPS) is 34.9. The average Bonchev–Trinajstić information content (AvgIpc) is 2.25. The fourth-order valence-electron chi connectivity index (χ4n) is 3.62. The Morgan fingerprint density at radius 3 is 2.22 bits per heavy atom. The standard InChI is InChI=1S/C15H25FN2/c1-14(2,3)15(8-9-17)6-4-13(5-7-15)18-10-12(16)11-18/h12-13H,4-8,10-11H2,1-3H3/t13-,15+. The number of hydrogen-bond acceptors (Lipinski definition) is 2. The predicted molar refractivity (Wildman–Crippen MR) is 70.8 cm³/mol. The molecule has 3 heteroatoms. The van der Waals surface area contributed by atoms with Crippen LogP contribution in [0.5, 0.6) is 0 Å². The van der Waals surface area contributed by atoms with E-state index in [2.05, 4.69) is 31.7 Å². The molecule has 1 saturated carbocycles. The molecule has 0 N–H and O–H groups in total.